The number of nitrogens with zero attached hydrogens (tertiary/aromatic N) is 2. The number of carbonyl (C=O) groups excluding carboxylic acids is 1. The number of aromatic nitrogens is 2. The molecule has 21 heavy (non-hydrogen) atoms. The summed E-state index contributed by atoms with van der Waals surface area (Å²) >= 11 is 6.49. The second kappa shape index (κ2) is 6.23. The predicted octanol–water partition coefficient (Wildman–Crippen LogP) is 4.55. The molecule has 1 heterocycles. The molecule has 110 valence electrons. The Morgan fingerprint density at radius 1 is 1.14 bits per heavy atom. The molecule has 4 nitrogen and oxygen atoms in total. The summed E-state index contributed by atoms with van der Waals surface area (Å²) in [4.78, 5) is 20.4. The number of carbonyl (C=O) groups is 1. The first kappa shape index (κ1) is 16.1. The Morgan fingerprint density at radius 2 is 1.76 bits per heavy atom. The third kappa shape index (κ3) is 4.11. The summed E-state index contributed by atoms with van der Waals surface area (Å²) in [5, 5.41) is 2.73. The molecule has 1 aromatic carbocycles. The molecule has 0 radical (unpaired) electrons. The number of amides is 1. The Hall–Kier alpha value is -1.27. The van der Waals surface area contributed by atoms with Gasteiger partial charge in [0.1, 0.15) is 9.21 Å². The van der Waals surface area contributed by atoms with E-state index in [0.717, 1.165) is 0 Å². The van der Waals surface area contributed by atoms with E-state index < -0.39 is 0 Å². The van der Waals surface area contributed by atoms with Crippen LogP contribution in [0.3, 0.4) is 0 Å². The molecular formula is C15H15Br2N3O. The topological polar surface area (TPSA) is 54.9 Å². The maximum absolute atomic E-state index is 12.2. The number of rotatable bonds is 2. The molecule has 0 fully saturated rings. The number of halogens is 2. The molecule has 2 aromatic rings. The lowest BCUT2D eigenvalue weighted by Gasteiger charge is -2.19. The Labute approximate surface area is 140 Å². The largest absolute Gasteiger partial charge is 0.304 e. The van der Waals surface area contributed by atoms with Crippen LogP contribution in [0, 0.1) is 0 Å². The van der Waals surface area contributed by atoms with Gasteiger partial charge in [-0.25, -0.2) is 9.97 Å². The van der Waals surface area contributed by atoms with Gasteiger partial charge in [0.05, 0.1) is 6.20 Å². The number of anilines is 1. The molecule has 0 unspecified atom stereocenters. The van der Waals surface area contributed by atoms with E-state index >= 15 is 0 Å². The van der Waals surface area contributed by atoms with Crippen molar-refractivity contribution in [1.29, 1.82) is 0 Å². The van der Waals surface area contributed by atoms with E-state index in [1.54, 1.807) is 0 Å². The first-order valence-corrected chi connectivity index (χ1v) is 7.96. The molecular weight excluding hydrogens is 398 g/mol. The van der Waals surface area contributed by atoms with Crippen molar-refractivity contribution in [2.75, 3.05) is 5.32 Å². The highest BCUT2D eigenvalue weighted by Crippen LogP contribution is 2.23. The van der Waals surface area contributed by atoms with Crippen molar-refractivity contribution in [2.45, 2.75) is 26.2 Å². The van der Waals surface area contributed by atoms with Gasteiger partial charge in [0, 0.05) is 5.56 Å². The molecule has 6 heteroatoms. The van der Waals surface area contributed by atoms with Crippen molar-refractivity contribution in [3.63, 3.8) is 0 Å². The highest BCUT2D eigenvalue weighted by Gasteiger charge is 2.15. The Balaban J connectivity index is 2.17. The lowest BCUT2D eigenvalue weighted by atomic mass is 9.87. The average molecular weight is 413 g/mol. The number of nitrogens with one attached hydrogen (secondary N) is 1. The van der Waals surface area contributed by atoms with Crippen molar-refractivity contribution in [3.8, 4) is 0 Å². The maximum atomic E-state index is 12.2. The molecule has 0 saturated carbocycles. The number of hydrogen-bond donors (Lipinski definition) is 1. The minimum Gasteiger partial charge on any atom is -0.304 e. The van der Waals surface area contributed by atoms with Gasteiger partial charge in [0.25, 0.3) is 5.91 Å². The Morgan fingerprint density at radius 3 is 2.29 bits per heavy atom. The van der Waals surface area contributed by atoms with Gasteiger partial charge < -0.3 is 5.32 Å². The lowest BCUT2D eigenvalue weighted by Crippen LogP contribution is -2.15. The summed E-state index contributed by atoms with van der Waals surface area (Å²) in [5.74, 6) is 0.177. The summed E-state index contributed by atoms with van der Waals surface area (Å²) in [6, 6.07) is 7.57. The fraction of sp³-hybridized carbons (Fsp3) is 0.267. The first-order chi connectivity index (χ1) is 9.77. The van der Waals surface area contributed by atoms with Gasteiger partial charge in [0.2, 0.25) is 0 Å². The number of benzene rings is 1. The fourth-order valence-corrected chi connectivity index (χ4v) is 2.64. The van der Waals surface area contributed by atoms with Crippen LogP contribution in [0.5, 0.6) is 0 Å². The molecule has 1 N–H and O–H groups in total. The molecule has 0 aliphatic carbocycles. The predicted molar refractivity (Wildman–Crippen MR) is 90.5 cm³/mol. The van der Waals surface area contributed by atoms with Gasteiger partial charge in [-0.2, -0.15) is 0 Å². The van der Waals surface area contributed by atoms with Crippen LogP contribution >= 0.6 is 31.9 Å². The van der Waals surface area contributed by atoms with Crippen LogP contribution in [0.4, 0.5) is 5.82 Å². The van der Waals surface area contributed by atoms with E-state index in [2.05, 4.69) is 67.9 Å². The van der Waals surface area contributed by atoms with Gasteiger partial charge in [-0.05, 0) is 55.0 Å². The van der Waals surface area contributed by atoms with Gasteiger partial charge in [-0.1, -0.05) is 32.9 Å². The monoisotopic (exact) mass is 411 g/mol. The van der Waals surface area contributed by atoms with Crippen LogP contribution in [0.15, 0.2) is 39.7 Å². The SMILES string of the molecule is CC(C)(C)c1ccc(C(=O)Nc2ncc(Br)nc2Br)cc1. The summed E-state index contributed by atoms with van der Waals surface area (Å²) in [5.41, 5.74) is 1.83. The van der Waals surface area contributed by atoms with E-state index in [0.29, 0.717) is 20.6 Å². The van der Waals surface area contributed by atoms with Crippen LogP contribution in [0.2, 0.25) is 0 Å². The molecule has 0 spiro atoms. The molecule has 0 atom stereocenters. The summed E-state index contributed by atoms with van der Waals surface area (Å²) in [6.07, 6.45) is 1.53. The van der Waals surface area contributed by atoms with Crippen molar-refractivity contribution in [3.05, 3.63) is 50.8 Å². The highest BCUT2D eigenvalue weighted by atomic mass is 79.9. The molecule has 2 rings (SSSR count). The maximum Gasteiger partial charge on any atom is 0.256 e. The molecule has 0 aliphatic heterocycles. The summed E-state index contributed by atoms with van der Waals surface area (Å²) < 4.78 is 1.08. The van der Waals surface area contributed by atoms with E-state index in [1.165, 1.54) is 11.8 Å². The Kier molecular flexibility index (Phi) is 4.78. The van der Waals surface area contributed by atoms with Crippen LogP contribution in [0.25, 0.3) is 0 Å². The average Bonchev–Trinajstić information content (AvgIpc) is 2.41. The van der Waals surface area contributed by atoms with E-state index in [4.69, 9.17) is 0 Å². The van der Waals surface area contributed by atoms with Crippen molar-refractivity contribution < 1.29 is 4.79 Å². The standard InChI is InChI=1S/C15H15Br2N3O/c1-15(2,3)10-6-4-9(5-7-10)14(21)20-13-12(17)19-11(16)8-18-13/h4-8H,1-3H3,(H,18,20,21). The minimum absolute atomic E-state index is 0.0647. The van der Waals surface area contributed by atoms with Gasteiger partial charge >= 0.3 is 0 Å². The second-order valence-corrected chi connectivity index (χ2v) is 7.18. The van der Waals surface area contributed by atoms with Gasteiger partial charge in [-0.15, -0.1) is 0 Å². The van der Waals surface area contributed by atoms with Crippen LogP contribution in [0.1, 0.15) is 36.7 Å². The van der Waals surface area contributed by atoms with E-state index in [1.807, 2.05) is 24.3 Å². The molecule has 1 amide bonds. The van der Waals surface area contributed by atoms with Crippen LogP contribution in [-0.2, 0) is 5.41 Å². The molecule has 0 saturated heterocycles. The van der Waals surface area contributed by atoms with E-state index in [9.17, 15) is 4.79 Å². The van der Waals surface area contributed by atoms with Crippen molar-refractivity contribution >= 4 is 43.6 Å². The molecule has 0 aliphatic rings. The highest BCUT2D eigenvalue weighted by molar-refractivity contribution is 9.11. The van der Waals surface area contributed by atoms with E-state index in [-0.39, 0.29) is 11.3 Å². The fourth-order valence-electron chi connectivity index (χ4n) is 1.73. The van der Waals surface area contributed by atoms with Gasteiger partial charge in [-0.3, -0.25) is 4.79 Å². The lowest BCUT2D eigenvalue weighted by molar-refractivity contribution is 0.102. The second-order valence-electron chi connectivity index (χ2n) is 5.61. The molecule has 0 bridgehead atoms. The molecule has 1 aromatic heterocycles. The van der Waals surface area contributed by atoms with Crippen LogP contribution < -0.4 is 5.32 Å². The normalized spacial score (nSPS) is 11.3. The first-order valence-electron chi connectivity index (χ1n) is 6.37. The third-order valence-corrected chi connectivity index (χ3v) is 3.88. The van der Waals surface area contributed by atoms with Crippen molar-refractivity contribution in [2.24, 2.45) is 0 Å². The quantitative estimate of drug-likeness (QED) is 0.786. The summed E-state index contributed by atoms with van der Waals surface area (Å²) in [6.45, 7) is 6.41. The zero-order chi connectivity index (χ0) is 15.6. The third-order valence-electron chi connectivity index (χ3n) is 2.95. The van der Waals surface area contributed by atoms with Gasteiger partial charge in [0.15, 0.2) is 5.82 Å². The smallest absolute Gasteiger partial charge is 0.256 e. The zero-order valence-electron chi connectivity index (χ0n) is 11.9. The Bertz CT molecular complexity index is 664. The number of hydrogen-bond acceptors (Lipinski definition) is 3. The zero-order valence-corrected chi connectivity index (χ0v) is 15.1. The summed E-state index contributed by atoms with van der Waals surface area (Å²) in [7, 11) is 0. The van der Waals surface area contributed by atoms with Crippen LogP contribution in [-0.4, -0.2) is 15.9 Å². The minimum atomic E-state index is -0.215. The van der Waals surface area contributed by atoms with Crippen molar-refractivity contribution in [1.82, 2.24) is 9.97 Å².